The molecule has 1 aliphatic heterocycles. The van der Waals surface area contributed by atoms with Crippen molar-refractivity contribution in [3.8, 4) is 17.9 Å². The number of nitriles is 2. The number of methoxy groups -OCH3 is 1. The highest BCUT2D eigenvalue weighted by molar-refractivity contribution is 5.62. The molecule has 0 aliphatic carbocycles. The van der Waals surface area contributed by atoms with Gasteiger partial charge >= 0.3 is 0 Å². The van der Waals surface area contributed by atoms with Gasteiger partial charge in [0.2, 0.25) is 0 Å². The van der Waals surface area contributed by atoms with Crippen LogP contribution in [0, 0.1) is 22.7 Å². The van der Waals surface area contributed by atoms with Crippen LogP contribution < -0.4 is 9.64 Å². The molecule has 0 saturated carbocycles. The van der Waals surface area contributed by atoms with Crippen LogP contribution in [-0.4, -0.2) is 44.2 Å². The van der Waals surface area contributed by atoms with Crippen LogP contribution in [-0.2, 0) is 0 Å². The lowest BCUT2D eigenvalue weighted by molar-refractivity contribution is 0.231. The maximum Gasteiger partial charge on any atom is 0.121 e. The van der Waals surface area contributed by atoms with E-state index in [-0.39, 0.29) is 6.04 Å². The molecule has 0 aromatic heterocycles. The van der Waals surface area contributed by atoms with E-state index in [1.807, 2.05) is 13.0 Å². The Kier molecular flexibility index (Phi) is 4.45. The SMILES string of the molecule is COc1ccc(C#N)c(N2CCN(C(C)C#N)CC2)c1. The molecule has 1 saturated heterocycles. The van der Waals surface area contributed by atoms with Crippen LogP contribution in [0.4, 0.5) is 5.69 Å². The number of ether oxygens (including phenoxy) is 1. The average molecular weight is 270 g/mol. The third-order valence-electron chi connectivity index (χ3n) is 3.71. The third kappa shape index (κ3) is 2.84. The molecule has 0 bridgehead atoms. The Bertz CT molecular complexity index is 550. The number of rotatable bonds is 3. The summed E-state index contributed by atoms with van der Waals surface area (Å²) < 4.78 is 5.23. The van der Waals surface area contributed by atoms with Gasteiger partial charge in [-0.1, -0.05) is 0 Å². The zero-order valence-corrected chi connectivity index (χ0v) is 11.8. The van der Waals surface area contributed by atoms with E-state index in [1.165, 1.54) is 0 Å². The summed E-state index contributed by atoms with van der Waals surface area (Å²) in [5, 5.41) is 18.2. The van der Waals surface area contributed by atoms with Crippen molar-refractivity contribution in [2.75, 3.05) is 38.2 Å². The molecule has 0 radical (unpaired) electrons. The molecular weight excluding hydrogens is 252 g/mol. The first-order valence-corrected chi connectivity index (χ1v) is 6.66. The number of benzene rings is 1. The van der Waals surface area contributed by atoms with Crippen LogP contribution in [0.2, 0.25) is 0 Å². The lowest BCUT2D eigenvalue weighted by Crippen LogP contribution is -2.49. The van der Waals surface area contributed by atoms with Crippen molar-refractivity contribution in [1.82, 2.24) is 4.90 Å². The smallest absolute Gasteiger partial charge is 0.121 e. The Morgan fingerprint density at radius 2 is 1.90 bits per heavy atom. The second-order valence-electron chi connectivity index (χ2n) is 4.82. The van der Waals surface area contributed by atoms with Crippen LogP contribution in [0.15, 0.2) is 18.2 Å². The molecule has 0 amide bonds. The van der Waals surface area contributed by atoms with E-state index in [9.17, 15) is 5.26 Å². The van der Waals surface area contributed by atoms with Crippen molar-refractivity contribution in [1.29, 1.82) is 10.5 Å². The number of nitrogens with zero attached hydrogens (tertiary/aromatic N) is 4. The van der Waals surface area contributed by atoms with Gasteiger partial charge in [-0.3, -0.25) is 4.90 Å². The van der Waals surface area contributed by atoms with Gasteiger partial charge in [-0.05, 0) is 19.1 Å². The first-order valence-electron chi connectivity index (χ1n) is 6.66. The van der Waals surface area contributed by atoms with Crippen molar-refractivity contribution in [3.63, 3.8) is 0 Å². The van der Waals surface area contributed by atoms with Crippen LogP contribution >= 0.6 is 0 Å². The van der Waals surface area contributed by atoms with Crippen LogP contribution in [0.1, 0.15) is 12.5 Å². The lowest BCUT2D eigenvalue weighted by Gasteiger charge is -2.37. The summed E-state index contributed by atoms with van der Waals surface area (Å²) in [6, 6.07) is 9.93. The third-order valence-corrected chi connectivity index (χ3v) is 3.71. The number of anilines is 1. The summed E-state index contributed by atoms with van der Waals surface area (Å²) in [6.07, 6.45) is 0. The first-order chi connectivity index (χ1) is 9.69. The summed E-state index contributed by atoms with van der Waals surface area (Å²) in [5.74, 6) is 0.756. The summed E-state index contributed by atoms with van der Waals surface area (Å²) in [5.41, 5.74) is 1.57. The summed E-state index contributed by atoms with van der Waals surface area (Å²) in [7, 11) is 1.62. The molecule has 1 aromatic rings. The molecule has 1 aliphatic rings. The van der Waals surface area contributed by atoms with Crippen molar-refractivity contribution >= 4 is 5.69 Å². The van der Waals surface area contributed by atoms with E-state index >= 15 is 0 Å². The van der Waals surface area contributed by atoms with Gasteiger partial charge in [0.15, 0.2) is 0 Å². The van der Waals surface area contributed by atoms with Crippen molar-refractivity contribution < 1.29 is 4.74 Å². The van der Waals surface area contributed by atoms with Gasteiger partial charge in [-0.2, -0.15) is 10.5 Å². The highest BCUT2D eigenvalue weighted by atomic mass is 16.5. The van der Waals surface area contributed by atoms with Gasteiger partial charge in [-0.25, -0.2) is 0 Å². The monoisotopic (exact) mass is 270 g/mol. The Balaban J connectivity index is 2.14. The fourth-order valence-electron chi connectivity index (χ4n) is 2.43. The molecule has 1 unspecified atom stereocenters. The van der Waals surface area contributed by atoms with Gasteiger partial charge in [0.1, 0.15) is 11.8 Å². The van der Waals surface area contributed by atoms with Gasteiger partial charge in [0.25, 0.3) is 0 Å². The van der Waals surface area contributed by atoms with Crippen molar-refractivity contribution in [2.45, 2.75) is 13.0 Å². The maximum absolute atomic E-state index is 9.22. The fourth-order valence-corrected chi connectivity index (χ4v) is 2.43. The molecule has 20 heavy (non-hydrogen) atoms. The van der Waals surface area contributed by atoms with E-state index in [0.29, 0.717) is 5.56 Å². The van der Waals surface area contributed by atoms with Gasteiger partial charge < -0.3 is 9.64 Å². The van der Waals surface area contributed by atoms with E-state index in [0.717, 1.165) is 37.6 Å². The Labute approximate surface area is 119 Å². The fraction of sp³-hybridized carbons (Fsp3) is 0.467. The second kappa shape index (κ2) is 6.27. The first kappa shape index (κ1) is 14.2. The van der Waals surface area contributed by atoms with E-state index in [2.05, 4.69) is 21.9 Å². The zero-order valence-electron chi connectivity index (χ0n) is 11.8. The number of hydrogen-bond acceptors (Lipinski definition) is 5. The molecule has 0 N–H and O–H groups in total. The molecule has 104 valence electrons. The minimum Gasteiger partial charge on any atom is -0.497 e. The van der Waals surface area contributed by atoms with Crippen molar-refractivity contribution in [2.24, 2.45) is 0 Å². The Hall–Kier alpha value is -2.24. The van der Waals surface area contributed by atoms with Crippen molar-refractivity contribution in [3.05, 3.63) is 23.8 Å². The summed E-state index contributed by atoms with van der Waals surface area (Å²) >= 11 is 0. The predicted octanol–water partition coefficient (Wildman–Crippen LogP) is 1.60. The summed E-state index contributed by atoms with van der Waals surface area (Å²) in [4.78, 5) is 4.34. The Morgan fingerprint density at radius 1 is 1.20 bits per heavy atom. The molecule has 1 heterocycles. The zero-order chi connectivity index (χ0) is 14.5. The second-order valence-corrected chi connectivity index (χ2v) is 4.82. The molecule has 0 spiro atoms. The standard InChI is InChI=1S/C15H18N4O/c1-12(10-16)18-5-7-19(8-6-18)15-9-14(20-2)4-3-13(15)11-17/h3-4,9,12H,5-8H2,1-2H3. The molecule has 5 nitrogen and oxygen atoms in total. The Morgan fingerprint density at radius 3 is 2.45 bits per heavy atom. The molecule has 1 fully saturated rings. The minimum atomic E-state index is -0.0575. The highest BCUT2D eigenvalue weighted by Crippen LogP contribution is 2.26. The molecule has 2 rings (SSSR count). The molecule has 1 aromatic carbocycles. The van der Waals surface area contributed by atoms with E-state index in [4.69, 9.17) is 10.00 Å². The normalized spacial score (nSPS) is 17.1. The quantitative estimate of drug-likeness (QED) is 0.834. The maximum atomic E-state index is 9.22. The summed E-state index contributed by atoms with van der Waals surface area (Å²) in [6.45, 7) is 5.21. The van der Waals surface area contributed by atoms with Gasteiger partial charge in [-0.15, -0.1) is 0 Å². The van der Waals surface area contributed by atoms with E-state index in [1.54, 1.807) is 19.2 Å². The number of hydrogen-bond donors (Lipinski definition) is 0. The van der Waals surface area contributed by atoms with Gasteiger partial charge in [0, 0.05) is 32.2 Å². The molecule has 5 heteroatoms. The highest BCUT2D eigenvalue weighted by Gasteiger charge is 2.22. The van der Waals surface area contributed by atoms with E-state index < -0.39 is 0 Å². The van der Waals surface area contributed by atoms with Crippen LogP contribution in [0.5, 0.6) is 5.75 Å². The number of piperazine rings is 1. The van der Waals surface area contributed by atoms with Crippen LogP contribution in [0.25, 0.3) is 0 Å². The topological polar surface area (TPSA) is 63.3 Å². The molecular formula is C15H18N4O. The lowest BCUT2D eigenvalue weighted by atomic mass is 10.1. The van der Waals surface area contributed by atoms with Crippen LogP contribution in [0.3, 0.4) is 0 Å². The largest absolute Gasteiger partial charge is 0.497 e. The average Bonchev–Trinajstić information content (AvgIpc) is 2.53. The van der Waals surface area contributed by atoms with Gasteiger partial charge in [0.05, 0.1) is 30.5 Å². The minimum absolute atomic E-state index is 0.0575. The molecule has 1 atom stereocenters. The predicted molar refractivity (Wildman–Crippen MR) is 76.6 cm³/mol.